The van der Waals surface area contributed by atoms with E-state index in [1.807, 2.05) is 5.01 Å². The van der Waals surface area contributed by atoms with Crippen molar-refractivity contribution >= 4 is 18.7 Å². The molecule has 1 N–H and O–H groups in total. The molecule has 1 aliphatic rings. The predicted octanol–water partition coefficient (Wildman–Crippen LogP) is 0.707. The molecule has 1 aliphatic heterocycles. The molecule has 0 bridgehead atoms. The van der Waals surface area contributed by atoms with Crippen LogP contribution < -0.4 is 5.43 Å². The zero-order valence-corrected chi connectivity index (χ0v) is 9.28. The van der Waals surface area contributed by atoms with Gasteiger partial charge in [-0.2, -0.15) is 0 Å². The lowest BCUT2D eigenvalue weighted by Gasteiger charge is -2.26. The molecule has 1 fully saturated rings. The highest BCUT2D eigenvalue weighted by atomic mass is 32.1. The lowest BCUT2D eigenvalue weighted by atomic mass is 10.2. The van der Waals surface area contributed by atoms with Crippen LogP contribution in [0.1, 0.15) is 29.8 Å². The number of hydrogen-bond donors (Lipinski definition) is 2. The summed E-state index contributed by atoms with van der Waals surface area (Å²) in [7, 11) is 0. The third-order valence-electron chi connectivity index (χ3n) is 2.42. The van der Waals surface area contributed by atoms with Crippen LogP contribution in [0.15, 0.2) is 12.5 Å². The largest absolute Gasteiger partial charge is 0.285 e. The van der Waals surface area contributed by atoms with Gasteiger partial charge in [-0.3, -0.25) is 14.2 Å². The molecule has 0 aromatic carbocycles. The van der Waals surface area contributed by atoms with Crippen molar-refractivity contribution in [3.63, 3.8) is 0 Å². The molecule has 0 spiro atoms. The second-order valence-electron chi connectivity index (χ2n) is 3.63. The van der Waals surface area contributed by atoms with Crippen molar-refractivity contribution in [2.75, 3.05) is 13.1 Å². The van der Waals surface area contributed by atoms with Crippen molar-refractivity contribution in [3.05, 3.63) is 18.2 Å². The number of piperidine rings is 1. The molecule has 0 saturated carbocycles. The van der Waals surface area contributed by atoms with Gasteiger partial charge in [-0.1, -0.05) is 19.2 Å². The minimum Gasteiger partial charge on any atom is -0.283 e. The number of rotatable bonds is 2. The van der Waals surface area contributed by atoms with Crippen molar-refractivity contribution in [3.8, 4) is 0 Å². The number of carbonyl (C=O) groups excluding carboxylic acids is 1. The van der Waals surface area contributed by atoms with E-state index in [-0.39, 0.29) is 5.91 Å². The van der Waals surface area contributed by atoms with E-state index >= 15 is 0 Å². The topological polar surface area (TPSA) is 50.2 Å². The maximum Gasteiger partial charge on any atom is 0.285 e. The van der Waals surface area contributed by atoms with Crippen LogP contribution in [-0.2, 0) is 0 Å². The van der Waals surface area contributed by atoms with E-state index in [1.165, 1.54) is 16.7 Å². The number of hydrogen-bond acceptors (Lipinski definition) is 4. The van der Waals surface area contributed by atoms with Crippen molar-refractivity contribution in [2.45, 2.75) is 19.3 Å². The summed E-state index contributed by atoms with van der Waals surface area (Å²) in [5, 5.41) is 1.95. The fraction of sp³-hybridized carbons (Fsp3) is 0.556. The maximum atomic E-state index is 11.7. The van der Waals surface area contributed by atoms with Crippen LogP contribution in [0, 0.1) is 0 Å². The zero-order valence-electron chi connectivity index (χ0n) is 8.39. The first-order chi connectivity index (χ1) is 7.25. The number of nitrogens with one attached hydrogen (secondary N) is 1. The average molecular weight is 226 g/mol. The van der Waals surface area contributed by atoms with E-state index in [9.17, 15) is 4.79 Å². The lowest BCUT2D eigenvalue weighted by molar-refractivity contribution is 0.0745. The molecule has 0 unspecified atom stereocenters. The first-order valence-corrected chi connectivity index (χ1v) is 5.45. The van der Waals surface area contributed by atoms with Gasteiger partial charge >= 0.3 is 0 Å². The van der Waals surface area contributed by atoms with E-state index in [0.717, 1.165) is 25.9 Å². The summed E-state index contributed by atoms with van der Waals surface area (Å²) in [5.74, 6) is -0.162. The van der Waals surface area contributed by atoms with Gasteiger partial charge in [-0.05, 0) is 12.8 Å². The molecule has 2 rings (SSSR count). The Kier molecular flexibility index (Phi) is 3.27. The van der Waals surface area contributed by atoms with Gasteiger partial charge in [-0.15, -0.1) is 0 Å². The smallest absolute Gasteiger partial charge is 0.283 e. The van der Waals surface area contributed by atoms with E-state index in [1.54, 1.807) is 6.20 Å². The van der Waals surface area contributed by atoms with E-state index in [0.29, 0.717) is 5.69 Å². The second kappa shape index (κ2) is 4.67. The van der Waals surface area contributed by atoms with Crippen molar-refractivity contribution < 1.29 is 4.79 Å². The number of carbonyl (C=O) groups is 1. The highest BCUT2D eigenvalue weighted by Gasteiger charge is 2.15. The Labute approximate surface area is 94.0 Å². The molecule has 15 heavy (non-hydrogen) atoms. The van der Waals surface area contributed by atoms with Crippen LogP contribution in [0.4, 0.5) is 0 Å². The molecular weight excluding hydrogens is 212 g/mol. The monoisotopic (exact) mass is 226 g/mol. The molecular formula is C9H14N4OS. The van der Waals surface area contributed by atoms with Gasteiger partial charge in [0.1, 0.15) is 12.0 Å². The normalized spacial score (nSPS) is 17.7. The summed E-state index contributed by atoms with van der Waals surface area (Å²) in [4.78, 5) is 15.6. The first kappa shape index (κ1) is 10.5. The first-order valence-electron chi connectivity index (χ1n) is 5.05. The molecule has 0 aliphatic carbocycles. The van der Waals surface area contributed by atoms with Gasteiger partial charge in [0.15, 0.2) is 0 Å². The van der Waals surface area contributed by atoms with Gasteiger partial charge in [0.05, 0.1) is 0 Å². The Bertz CT molecular complexity index is 346. The molecule has 82 valence electrons. The zero-order chi connectivity index (χ0) is 10.7. The van der Waals surface area contributed by atoms with Gasteiger partial charge in [0.2, 0.25) is 0 Å². The average Bonchev–Trinajstić information content (AvgIpc) is 2.66. The minimum atomic E-state index is -0.162. The fourth-order valence-electron chi connectivity index (χ4n) is 1.64. The highest BCUT2D eigenvalue weighted by molar-refractivity contribution is 7.78. The highest BCUT2D eigenvalue weighted by Crippen LogP contribution is 2.06. The van der Waals surface area contributed by atoms with E-state index < -0.39 is 0 Å². The van der Waals surface area contributed by atoms with Crippen LogP contribution in [0.2, 0.25) is 0 Å². The molecule has 1 saturated heterocycles. The molecule has 1 amide bonds. The lowest BCUT2D eigenvalue weighted by Crippen LogP contribution is -2.45. The molecule has 1 aromatic heterocycles. The third-order valence-corrected chi connectivity index (χ3v) is 2.64. The standard InChI is InChI=1S/C9H14N4OS/c14-9(8-6-13(15)7-10-8)11-12-4-2-1-3-5-12/h6-7,15H,1-5H2,(H,11,14). The Balaban J connectivity index is 1.91. The van der Waals surface area contributed by atoms with Crippen LogP contribution >= 0.6 is 12.8 Å². The van der Waals surface area contributed by atoms with E-state index in [4.69, 9.17) is 0 Å². The number of imidazole rings is 1. The van der Waals surface area contributed by atoms with Crippen LogP contribution in [0.3, 0.4) is 0 Å². The second-order valence-corrected chi connectivity index (χ2v) is 4.09. The van der Waals surface area contributed by atoms with Gasteiger partial charge in [0.25, 0.3) is 5.91 Å². The summed E-state index contributed by atoms with van der Waals surface area (Å²) >= 11 is 4.03. The summed E-state index contributed by atoms with van der Waals surface area (Å²) in [6.45, 7) is 1.85. The van der Waals surface area contributed by atoms with Crippen molar-refractivity contribution in [1.82, 2.24) is 19.4 Å². The summed E-state index contributed by atoms with van der Waals surface area (Å²) in [6, 6.07) is 0. The van der Waals surface area contributed by atoms with Crippen molar-refractivity contribution in [2.24, 2.45) is 0 Å². The number of thiol groups is 1. The number of amides is 1. The Hall–Kier alpha value is -1.01. The molecule has 6 heteroatoms. The number of hydrazine groups is 1. The summed E-state index contributed by atoms with van der Waals surface area (Å²) in [5.41, 5.74) is 3.23. The Morgan fingerprint density at radius 1 is 1.40 bits per heavy atom. The van der Waals surface area contributed by atoms with Crippen LogP contribution in [0.5, 0.6) is 0 Å². The molecule has 2 heterocycles. The van der Waals surface area contributed by atoms with Gasteiger partial charge in [0, 0.05) is 19.3 Å². The Morgan fingerprint density at radius 3 is 2.73 bits per heavy atom. The summed E-state index contributed by atoms with van der Waals surface area (Å²) in [6.07, 6.45) is 6.61. The predicted molar refractivity (Wildman–Crippen MR) is 59.5 cm³/mol. The van der Waals surface area contributed by atoms with Gasteiger partial charge in [-0.25, -0.2) is 9.99 Å². The quantitative estimate of drug-likeness (QED) is 0.730. The third kappa shape index (κ3) is 2.73. The number of nitrogens with zero attached hydrogens (tertiary/aromatic N) is 3. The molecule has 1 aromatic rings. The minimum absolute atomic E-state index is 0.162. The Morgan fingerprint density at radius 2 is 2.13 bits per heavy atom. The molecule has 0 atom stereocenters. The van der Waals surface area contributed by atoms with Crippen LogP contribution in [0.25, 0.3) is 0 Å². The maximum absolute atomic E-state index is 11.7. The SMILES string of the molecule is O=C(NN1CCCCC1)c1cn(S)cn1. The number of aromatic nitrogens is 2. The summed E-state index contributed by atoms with van der Waals surface area (Å²) < 4.78 is 1.46. The fourth-order valence-corrected chi connectivity index (χ4v) is 1.80. The van der Waals surface area contributed by atoms with Crippen molar-refractivity contribution in [1.29, 1.82) is 0 Å². The molecule has 5 nitrogen and oxygen atoms in total. The van der Waals surface area contributed by atoms with Gasteiger partial charge < -0.3 is 0 Å². The van der Waals surface area contributed by atoms with E-state index in [2.05, 4.69) is 23.2 Å². The van der Waals surface area contributed by atoms with Crippen LogP contribution in [-0.4, -0.2) is 33.0 Å². The molecule has 0 radical (unpaired) electrons.